The summed E-state index contributed by atoms with van der Waals surface area (Å²) in [4.78, 5) is 33.6. The molecule has 7 N–H and O–H groups in total. The largest absolute Gasteiger partial charge is 0.477 e. The Labute approximate surface area is 148 Å². The zero-order valence-electron chi connectivity index (χ0n) is 14.1. The van der Waals surface area contributed by atoms with Gasteiger partial charge in [-0.1, -0.05) is 0 Å². The van der Waals surface area contributed by atoms with E-state index in [4.69, 9.17) is 14.9 Å². The Kier molecular flexibility index (Phi) is 7.44. The van der Waals surface area contributed by atoms with E-state index in [2.05, 4.69) is 10.1 Å². The Morgan fingerprint density at radius 3 is 2.35 bits per heavy atom. The lowest BCUT2D eigenvalue weighted by Gasteiger charge is -2.44. The van der Waals surface area contributed by atoms with E-state index < -0.39 is 73.2 Å². The molecule has 0 aromatic carbocycles. The maximum Gasteiger partial charge on any atom is 0.364 e. The van der Waals surface area contributed by atoms with Crippen molar-refractivity contribution in [2.75, 3.05) is 6.61 Å². The van der Waals surface area contributed by atoms with Crippen molar-refractivity contribution in [2.24, 2.45) is 0 Å². The van der Waals surface area contributed by atoms with Gasteiger partial charge in [-0.05, 0) is 6.92 Å². The van der Waals surface area contributed by atoms with Crippen LogP contribution in [0.3, 0.4) is 0 Å². The van der Waals surface area contributed by atoms with Gasteiger partial charge in [0, 0.05) is 13.3 Å². The van der Waals surface area contributed by atoms with Crippen molar-refractivity contribution in [3.8, 4) is 0 Å². The molecule has 0 unspecified atom stereocenters. The van der Waals surface area contributed by atoms with Crippen LogP contribution >= 0.6 is 0 Å². The quantitative estimate of drug-likeness (QED) is 0.212. The molecule has 1 rings (SSSR count). The SMILES string of the molecule is CC(=O)N[C@H]1[C@H]([C@H](O)[C@H](O)COC(=O)[C@@H](C)O)O[C@](O)(C(=O)O)C[C@@H]1O. The van der Waals surface area contributed by atoms with Crippen molar-refractivity contribution in [1.82, 2.24) is 5.32 Å². The number of aliphatic carboxylic acids is 1. The van der Waals surface area contributed by atoms with Crippen molar-refractivity contribution >= 4 is 17.8 Å². The topological polar surface area (TPSA) is 203 Å². The van der Waals surface area contributed by atoms with Crippen LogP contribution in [0.2, 0.25) is 0 Å². The summed E-state index contributed by atoms with van der Waals surface area (Å²) in [7, 11) is 0. The first kappa shape index (κ1) is 22.2. The van der Waals surface area contributed by atoms with Crippen molar-refractivity contribution in [3.63, 3.8) is 0 Å². The lowest BCUT2D eigenvalue weighted by atomic mass is 9.88. The van der Waals surface area contributed by atoms with Gasteiger partial charge in [-0.3, -0.25) is 4.79 Å². The molecule has 1 aliphatic rings. The lowest BCUT2D eigenvalue weighted by Crippen LogP contribution is -2.67. The van der Waals surface area contributed by atoms with Crippen LogP contribution in [0.1, 0.15) is 20.3 Å². The molecule has 0 spiro atoms. The number of aliphatic hydroxyl groups is 5. The average molecular weight is 381 g/mol. The van der Waals surface area contributed by atoms with E-state index in [-0.39, 0.29) is 0 Å². The maximum atomic E-state index is 11.3. The second-order valence-electron chi connectivity index (χ2n) is 6.03. The highest BCUT2D eigenvalue weighted by molar-refractivity contribution is 5.76. The number of carbonyl (C=O) groups excluding carboxylic acids is 2. The molecule has 0 radical (unpaired) electrons. The molecule has 1 fully saturated rings. The normalized spacial score (nSPS) is 32.2. The van der Waals surface area contributed by atoms with Gasteiger partial charge in [0.1, 0.15) is 31.0 Å². The Balaban J connectivity index is 2.97. The summed E-state index contributed by atoms with van der Waals surface area (Å²) in [6.07, 6.45) is -9.44. The molecule has 0 saturated carbocycles. The highest BCUT2D eigenvalue weighted by Gasteiger charge is 2.54. The van der Waals surface area contributed by atoms with Crippen LogP contribution in [0.5, 0.6) is 0 Å². The number of amides is 1. The number of aliphatic hydroxyl groups excluding tert-OH is 4. The van der Waals surface area contributed by atoms with E-state index >= 15 is 0 Å². The van der Waals surface area contributed by atoms with E-state index in [0.29, 0.717) is 0 Å². The number of carboxylic acids is 1. The zero-order chi connectivity index (χ0) is 20.2. The smallest absolute Gasteiger partial charge is 0.364 e. The van der Waals surface area contributed by atoms with Crippen LogP contribution in [0.25, 0.3) is 0 Å². The Morgan fingerprint density at radius 1 is 1.31 bits per heavy atom. The van der Waals surface area contributed by atoms with Crippen molar-refractivity contribution < 1.29 is 54.5 Å². The first-order valence-corrected chi connectivity index (χ1v) is 7.68. The molecule has 0 aromatic heterocycles. The van der Waals surface area contributed by atoms with Gasteiger partial charge < -0.3 is 45.4 Å². The molecule has 12 nitrogen and oxygen atoms in total. The highest BCUT2D eigenvalue weighted by Crippen LogP contribution is 2.30. The number of carbonyl (C=O) groups is 3. The summed E-state index contributed by atoms with van der Waals surface area (Å²) in [5, 5.41) is 60.5. The number of esters is 1. The van der Waals surface area contributed by atoms with Gasteiger partial charge in [0.15, 0.2) is 0 Å². The number of hydrogen-bond donors (Lipinski definition) is 7. The van der Waals surface area contributed by atoms with Crippen molar-refractivity contribution in [3.05, 3.63) is 0 Å². The monoisotopic (exact) mass is 381 g/mol. The van der Waals surface area contributed by atoms with Gasteiger partial charge in [0.2, 0.25) is 5.91 Å². The number of nitrogens with one attached hydrogen (secondary N) is 1. The van der Waals surface area contributed by atoms with Gasteiger partial charge in [-0.25, -0.2) is 9.59 Å². The third-order valence-corrected chi connectivity index (χ3v) is 3.76. The van der Waals surface area contributed by atoms with Crippen LogP contribution in [0.4, 0.5) is 0 Å². The van der Waals surface area contributed by atoms with Crippen LogP contribution in [-0.2, 0) is 23.9 Å². The number of carboxylic acid groups (broad SMARTS) is 1. The van der Waals surface area contributed by atoms with Crippen LogP contribution in [0, 0.1) is 0 Å². The summed E-state index contributed by atoms with van der Waals surface area (Å²) >= 11 is 0. The number of rotatable bonds is 7. The fourth-order valence-electron chi connectivity index (χ4n) is 2.41. The molecule has 0 aliphatic carbocycles. The molecule has 1 heterocycles. The first-order valence-electron chi connectivity index (χ1n) is 7.68. The molecule has 1 amide bonds. The van der Waals surface area contributed by atoms with E-state index in [1.54, 1.807) is 0 Å². The third-order valence-electron chi connectivity index (χ3n) is 3.76. The van der Waals surface area contributed by atoms with Gasteiger partial charge in [0.25, 0.3) is 5.79 Å². The third kappa shape index (κ3) is 5.33. The minimum absolute atomic E-state index is 0.648. The fourth-order valence-corrected chi connectivity index (χ4v) is 2.41. The number of ether oxygens (including phenoxy) is 2. The summed E-state index contributed by atoms with van der Waals surface area (Å²) in [6.45, 7) is 1.42. The van der Waals surface area contributed by atoms with Gasteiger partial charge in [0.05, 0.1) is 12.1 Å². The predicted molar refractivity (Wildman–Crippen MR) is 80.3 cm³/mol. The van der Waals surface area contributed by atoms with Crippen LogP contribution in [0.15, 0.2) is 0 Å². The molecule has 1 saturated heterocycles. The van der Waals surface area contributed by atoms with Gasteiger partial charge in [-0.2, -0.15) is 0 Å². The van der Waals surface area contributed by atoms with E-state index in [0.717, 1.165) is 13.8 Å². The highest BCUT2D eigenvalue weighted by atomic mass is 16.7. The summed E-state index contributed by atoms with van der Waals surface area (Å²) in [5.41, 5.74) is 0. The van der Waals surface area contributed by atoms with Gasteiger partial charge >= 0.3 is 11.9 Å². The molecule has 150 valence electrons. The minimum atomic E-state index is -2.87. The Morgan fingerprint density at radius 2 is 1.88 bits per heavy atom. The predicted octanol–water partition coefficient (Wildman–Crippen LogP) is -3.94. The van der Waals surface area contributed by atoms with E-state index in [9.17, 15) is 34.8 Å². The second kappa shape index (κ2) is 8.70. The summed E-state index contributed by atoms with van der Waals surface area (Å²) < 4.78 is 9.47. The molecule has 0 bridgehead atoms. The Hall–Kier alpha value is -1.83. The molecule has 7 atom stereocenters. The van der Waals surface area contributed by atoms with E-state index in [1.165, 1.54) is 0 Å². The zero-order valence-corrected chi connectivity index (χ0v) is 14.1. The molecular formula is C14H23NO11. The molecule has 26 heavy (non-hydrogen) atoms. The summed E-state index contributed by atoms with van der Waals surface area (Å²) in [5.74, 6) is -6.44. The Bertz CT molecular complexity index is 539. The fraction of sp³-hybridized carbons (Fsp3) is 0.786. The van der Waals surface area contributed by atoms with E-state index in [1.807, 2.05) is 0 Å². The summed E-state index contributed by atoms with van der Waals surface area (Å²) in [6, 6.07) is -1.36. The van der Waals surface area contributed by atoms with Crippen LogP contribution in [-0.4, -0.2) is 97.4 Å². The molecule has 1 aliphatic heterocycles. The van der Waals surface area contributed by atoms with Crippen LogP contribution < -0.4 is 5.32 Å². The van der Waals surface area contributed by atoms with Crippen molar-refractivity contribution in [2.45, 2.75) is 62.6 Å². The standard InChI is InChI=1S/C14H23NO11/c1-5(16)12(21)25-4-8(19)10(20)11-9(15-6(2)17)7(18)3-14(24,26-11)13(22)23/h5,7-11,16,18-20,24H,3-4H2,1-2H3,(H,15,17)(H,22,23)/t5-,7+,8-,9-,10-,11-,14+/m1/s1. The average Bonchev–Trinajstić information content (AvgIpc) is 2.53. The van der Waals surface area contributed by atoms with Gasteiger partial charge in [-0.15, -0.1) is 0 Å². The van der Waals surface area contributed by atoms with Crippen molar-refractivity contribution in [1.29, 1.82) is 0 Å². The number of hydrogen-bond acceptors (Lipinski definition) is 10. The first-order chi connectivity index (χ1) is 11.9. The maximum absolute atomic E-state index is 11.3. The lowest BCUT2D eigenvalue weighted by molar-refractivity contribution is -0.295. The molecular weight excluding hydrogens is 358 g/mol. The molecule has 0 aromatic rings. The molecule has 12 heteroatoms. The minimum Gasteiger partial charge on any atom is -0.477 e. The second-order valence-corrected chi connectivity index (χ2v) is 6.03.